The minimum absolute atomic E-state index is 0.0325. The Kier molecular flexibility index (Phi) is 3.08. The molecule has 1 atom stereocenters. The number of hydrogen-bond donors (Lipinski definition) is 0. The Morgan fingerprint density at radius 3 is 3.21 bits per heavy atom. The Bertz CT molecular complexity index is 356. The molecule has 0 bridgehead atoms. The molecule has 1 aromatic heterocycles. The number of hydrogen-bond acceptors (Lipinski definition) is 3. The van der Waals surface area contributed by atoms with Gasteiger partial charge in [0.25, 0.3) is 0 Å². The highest BCUT2D eigenvalue weighted by molar-refractivity contribution is 8.14. The second-order valence-electron chi connectivity index (χ2n) is 3.19. The molecule has 0 saturated carbocycles. The van der Waals surface area contributed by atoms with Gasteiger partial charge in [0.05, 0.1) is 11.6 Å². The normalized spacial score (nSPS) is 19.8. The Morgan fingerprint density at radius 1 is 1.57 bits per heavy atom. The van der Waals surface area contributed by atoms with E-state index in [-0.39, 0.29) is 11.0 Å². The molecule has 0 aliphatic carbocycles. The highest BCUT2D eigenvalue weighted by Crippen LogP contribution is 2.41. The molecule has 1 unspecified atom stereocenters. The zero-order valence-electron chi connectivity index (χ0n) is 7.57. The molecule has 14 heavy (non-hydrogen) atoms. The summed E-state index contributed by atoms with van der Waals surface area (Å²) in [5.74, 6) is 0.575. The van der Waals surface area contributed by atoms with Gasteiger partial charge in [-0.1, -0.05) is 0 Å². The lowest BCUT2D eigenvalue weighted by Gasteiger charge is -2.05. The van der Waals surface area contributed by atoms with Crippen LogP contribution < -0.4 is 0 Å². The first-order valence-electron chi connectivity index (χ1n) is 4.55. The number of carbonyl (C=O) groups is 1. The monoisotopic (exact) mass is 227 g/mol. The highest BCUT2D eigenvalue weighted by atomic mass is 35.5. The molecule has 0 spiro atoms. The topological polar surface area (TPSA) is 30.0 Å². The fourth-order valence-corrected chi connectivity index (χ4v) is 2.77. The van der Waals surface area contributed by atoms with Crippen LogP contribution in [0.3, 0.4) is 0 Å². The van der Waals surface area contributed by atoms with Crippen LogP contribution in [0, 0.1) is 0 Å². The molecule has 0 radical (unpaired) electrons. The number of aromatic nitrogens is 1. The molecule has 1 aliphatic rings. The van der Waals surface area contributed by atoms with E-state index in [2.05, 4.69) is 4.98 Å². The number of pyridine rings is 1. The van der Waals surface area contributed by atoms with Gasteiger partial charge in [-0.25, -0.2) is 0 Å². The molecular weight excluding hydrogens is 218 g/mol. The first kappa shape index (κ1) is 9.99. The second kappa shape index (κ2) is 4.32. The van der Waals surface area contributed by atoms with Crippen molar-refractivity contribution >= 4 is 28.5 Å². The maximum Gasteiger partial charge on any atom is 0.202 e. The van der Waals surface area contributed by atoms with Crippen molar-refractivity contribution in [2.75, 3.05) is 5.88 Å². The van der Waals surface area contributed by atoms with Crippen molar-refractivity contribution in [1.82, 2.24) is 4.98 Å². The lowest BCUT2D eigenvalue weighted by Crippen LogP contribution is -2.04. The van der Waals surface area contributed by atoms with Gasteiger partial charge in [0.2, 0.25) is 5.12 Å². The van der Waals surface area contributed by atoms with Crippen LogP contribution in [0.4, 0.5) is 0 Å². The summed E-state index contributed by atoms with van der Waals surface area (Å²) in [6.45, 7) is 0. The Labute approximate surface area is 92.1 Å². The number of alkyl halides is 1. The Morgan fingerprint density at radius 2 is 2.43 bits per heavy atom. The molecule has 0 fully saturated rings. The number of fused-ring (bicyclic) bond motifs is 1. The van der Waals surface area contributed by atoms with E-state index >= 15 is 0 Å². The minimum atomic E-state index is -0.0325. The van der Waals surface area contributed by atoms with Gasteiger partial charge in [-0.3, -0.25) is 9.78 Å². The fourth-order valence-electron chi connectivity index (χ4n) is 1.58. The molecule has 2 rings (SSSR count). The lowest BCUT2D eigenvalue weighted by atomic mass is 10.0. The average Bonchev–Trinajstić information content (AvgIpc) is 2.51. The molecule has 0 aromatic carbocycles. The molecule has 1 aliphatic heterocycles. The maximum absolute atomic E-state index is 11.6. The summed E-state index contributed by atoms with van der Waals surface area (Å²) in [4.78, 5) is 16.9. The van der Waals surface area contributed by atoms with Gasteiger partial charge in [-0.2, -0.15) is 0 Å². The van der Waals surface area contributed by atoms with E-state index in [1.165, 1.54) is 11.8 Å². The summed E-state index contributed by atoms with van der Waals surface area (Å²) in [7, 11) is 0. The summed E-state index contributed by atoms with van der Waals surface area (Å²) in [6, 6.07) is 3.81. The van der Waals surface area contributed by atoms with Gasteiger partial charge < -0.3 is 0 Å². The molecule has 0 N–H and O–H groups in total. The molecule has 74 valence electrons. The van der Waals surface area contributed by atoms with E-state index in [9.17, 15) is 4.79 Å². The quantitative estimate of drug-likeness (QED) is 0.744. The fraction of sp³-hybridized carbons (Fsp3) is 0.400. The summed E-state index contributed by atoms with van der Waals surface area (Å²) in [6.07, 6.45) is 3.43. The van der Waals surface area contributed by atoms with Crippen LogP contribution in [-0.4, -0.2) is 16.0 Å². The smallest absolute Gasteiger partial charge is 0.202 e. The lowest BCUT2D eigenvalue weighted by molar-refractivity contribution is -0.112. The SMILES string of the molecule is O=C1Sc2cccnc2C1CCCCl. The molecule has 0 saturated heterocycles. The first-order valence-corrected chi connectivity index (χ1v) is 5.90. The number of nitrogens with zero attached hydrogens (tertiary/aromatic N) is 1. The second-order valence-corrected chi connectivity index (χ2v) is 4.62. The van der Waals surface area contributed by atoms with Crippen molar-refractivity contribution in [2.24, 2.45) is 0 Å². The van der Waals surface area contributed by atoms with Crippen molar-refractivity contribution in [3.8, 4) is 0 Å². The van der Waals surface area contributed by atoms with E-state index in [0.29, 0.717) is 5.88 Å². The zero-order chi connectivity index (χ0) is 9.97. The van der Waals surface area contributed by atoms with Crippen LogP contribution in [-0.2, 0) is 4.79 Å². The van der Waals surface area contributed by atoms with Gasteiger partial charge in [0, 0.05) is 17.0 Å². The number of halogens is 1. The van der Waals surface area contributed by atoms with E-state index in [0.717, 1.165) is 23.4 Å². The molecule has 2 heterocycles. The molecule has 2 nitrogen and oxygen atoms in total. The van der Waals surface area contributed by atoms with Crippen molar-refractivity contribution in [3.63, 3.8) is 0 Å². The van der Waals surface area contributed by atoms with Crippen LogP contribution in [0.25, 0.3) is 0 Å². The third-order valence-corrected chi connectivity index (χ3v) is 3.57. The zero-order valence-corrected chi connectivity index (χ0v) is 9.14. The summed E-state index contributed by atoms with van der Waals surface area (Å²) >= 11 is 6.92. The number of rotatable bonds is 3. The van der Waals surface area contributed by atoms with E-state index in [4.69, 9.17) is 11.6 Å². The third-order valence-electron chi connectivity index (χ3n) is 2.25. The average molecular weight is 228 g/mol. The number of thioether (sulfide) groups is 1. The van der Waals surface area contributed by atoms with Gasteiger partial charge in [-0.05, 0) is 36.7 Å². The largest absolute Gasteiger partial charge is 0.286 e. The molecule has 1 aromatic rings. The van der Waals surface area contributed by atoms with Gasteiger partial charge in [-0.15, -0.1) is 11.6 Å². The van der Waals surface area contributed by atoms with E-state index in [1.54, 1.807) is 6.20 Å². The highest BCUT2D eigenvalue weighted by Gasteiger charge is 2.31. The third kappa shape index (κ3) is 1.79. The Balaban J connectivity index is 2.21. The van der Waals surface area contributed by atoms with Crippen LogP contribution in [0.5, 0.6) is 0 Å². The van der Waals surface area contributed by atoms with Crippen LogP contribution in [0.15, 0.2) is 23.2 Å². The summed E-state index contributed by atoms with van der Waals surface area (Å²) in [5, 5.41) is 0.212. The van der Waals surface area contributed by atoms with Gasteiger partial charge >= 0.3 is 0 Å². The van der Waals surface area contributed by atoms with Crippen molar-refractivity contribution < 1.29 is 4.79 Å². The predicted octanol–water partition coefficient (Wildman–Crippen LogP) is 2.82. The standard InChI is InChI=1S/C10H10ClNOS/c11-5-1-3-7-9-8(14-10(7)13)4-2-6-12-9/h2,4,6-7H,1,3,5H2. The predicted molar refractivity (Wildman–Crippen MR) is 57.8 cm³/mol. The number of carbonyl (C=O) groups excluding carboxylic acids is 1. The van der Waals surface area contributed by atoms with Crippen molar-refractivity contribution in [1.29, 1.82) is 0 Å². The van der Waals surface area contributed by atoms with Crippen LogP contribution in [0.1, 0.15) is 24.5 Å². The van der Waals surface area contributed by atoms with Crippen LogP contribution in [0.2, 0.25) is 0 Å². The minimum Gasteiger partial charge on any atom is -0.286 e. The van der Waals surface area contributed by atoms with Crippen LogP contribution >= 0.6 is 23.4 Å². The van der Waals surface area contributed by atoms with Crippen molar-refractivity contribution in [3.05, 3.63) is 24.0 Å². The molecular formula is C10H10ClNOS. The summed E-state index contributed by atoms with van der Waals surface area (Å²) in [5.41, 5.74) is 0.938. The van der Waals surface area contributed by atoms with Crippen molar-refractivity contribution in [2.45, 2.75) is 23.7 Å². The van der Waals surface area contributed by atoms with E-state index < -0.39 is 0 Å². The van der Waals surface area contributed by atoms with Gasteiger partial charge in [0.15, 0.2) is 0 Å². The maximum atomic E-state index is 11.6. The summed E-state index contributed by atoms with van der Waals surface area (Å²) < 4.78 is 0. The first-order chi connectivity index (χ1) is 6.83. The molecule has 4 heteroatoms. The molecule has 0 amide bonds. The van der Waals surface area contributed by atoms with Gasteiger partial charge in [0.1, 0.15) is 0 Å². The van der Waals surface area contributed by atoms with E-state index in [1.807, 2.05) is 12.1 Å². The Hall–Kier alpha value is -0.540.